The molecular formula is C30H35F2N9O. The Labute approximate surface area is 243 Å². The number of amides is 1. The van der Waals surface area contributed by atoms with Crippen molar-refractivity contribution >= 4 is 28.7 Å². The summed E-state index contributed by atoms with van der Waals surface area (Å²) in [5.41, 5.74) is 3.00. The first-order valence-corrected chi connectivity index (χ1v) is 14.3. The third kappa shape index (κ3) is 5.56. The van der Waals surface area contributed by atoms with Gasteiger partial charge in [-0.15, -0.1) is 0 Å². The van der Waals surface area contributed by atoms with Crippen molar-refractivity contribution in [2.45, 2.75) is 39.8 Å². The van der Waals surface area contributed by atoms with Crippen LogP contribution in [0.15, 0.2) is 30.5 Å². The van der Waals surface area contributed by atoms with Crippen LogP contribution in [0.25, 0.3) is 22.3 Å². The fourth-order valence-corrected chi connectivity index (χ4v) is 5.80. The van der Waals surface area contributed by atoms with E-state index in [1.807, 2.05) is 36.3 Å². The highest BCUT2D eigenvalue weighted by Crippen LogP contribution is 2.30. The number of benzene rings is 1. The summed E-state index contributed by atoms with van der Waals surface area (Å²) in [6.45, 7) is 11.1. The topological polar surface area (TPSA) is 95.3 Å². The van der Waals surface area contributed by atoms with E-state index in [1.54, 1.807) is 12.1 Å². The predicted molar refractivity (Wildman–Crippen MR) is 156 cm³/mol. The normalized spacial score (nSPS) is 16.3. The lowest BCUT2D eigenvalue weighted by molar-refractivity contribution is -0.133. The second kappa shape index (κ2) is 11.3. The van der Waals surface area contributed by atoms with Crippen molar-refractivity contribution in [3.63, 3.8) is 0 Å². The highest BCUT2D eigenvalue weighted by atomic mass is 19.1. The summed E-state index contributed by atoms with van der Waals surface area (Å²) in [6, 6.07) is 6.76. The molecule has 0 bridgehead atoms. The number of likely N-dealkylation sites (N-methyl/N-ethyl adjacent to an activating group) is 1. The zero-order valence-corrected chi connectivity index (χ0v) is 24.4. The smallest absolute Gasteiger partial charge is 0.237 e. The van der Waals surface area contributed by atoms with Crippen molar-refractivity contribution in [2.24, 2.45) is 0 Å². The van der Waals surface area contributed by atoms with E-state index >= 15 is 4.39 Å². The largest absolute Gasteiger partial charge is 0.337 e. The molecule has 10 nitrogen and oxygen atoms in total. The maximum atomic E-state index is 15.0. The van der Waals surface area contributed by atoms with Gasteiger partial charge in [0.05, 0.1) is 18.3 Å². The Bertz CT molecular complexity index is 1650. The first-order valence-electron chi connectivity index (χ1n) is 14.3. The van der Waals surface area contributed by atoms with Crippen LogP contribution in [0, 0.1) is 18.6 Å². The van der Waals surface area contributed by atoms with Crippen molar-refractivity contribution in [3.8, 4) is 11.3 Å². The summed E-state index contributed by atoms with van der Waals surface area (Å²) in [6.07, 6.45) is 1.71. The SMILES string of the molecule is Cc1nc2c(F)cc(-c3nc(Nc4ccc5c(n4)CCN(C(=O)CN4CCN(C)CC4)C5)ncc3F)cc2n1C(C)C. The molecule has 1 amide bonds. The van der Waals surface area contributed by atoms with E-state index in [9.17, 15) is 9.18 Å². The number of fused-ring (bicyclic) bond motifs is 2. The molecule has 3 aromatic heterocycles. The molecule has 0 aliphatic carbocycles. The molecule has 0 atom stereocenters. The molecule has 12 heteroatoms. The number of imidazole rings is 1. The Morgan fingerprint density at radius 3 is 2.57 bits per heavy atom. The standard InChI is InChI=1S/C30H35F2N9O/c1-18(2)41-19(3)34-29-22(31)13-21(14-25(29)41)28-23(32)15-33-30(37-28)36-26-6-5-20-16-40(8-7-24(20)35-26)27(42)17-39-11-9-38(4)10-12-39/h5-6,13-15,18H,7-12,16-17H2,1-4H3,(H,33,35,36,37). The minimum absolute atomic E-state index is 0.0186. The number of carbonyl (C=O) groups is 1. The number of rotatable bonds is 6. The monoisotopic (exact) mass is 575 g/mol. The van der Waals surface area contributed by atoms with Gasteiger partial charge < -0.3 is 19.7 Å². The third-order valence-electron chi connectivity index (χ3n) is 8.05. The molecule has 1 N–H and O–H groups in total. The molecule has 220 valence electrons. The van der Waals surface area contributed by atoms with Crippen LogP contribution in [0.2, 0.25) is 0 Å². The van der Waals surface area contributed by atoms with E-state index in [4.69, 9.17) is 4.98 Å². The van der Waals surface area contributed by atoms with Gasteiger partial charge in [0.25, 0.3) is 0 Å². The third-order valence-corrected chi connectivity index (χ3v) is 8.05. The fraction of sp³-hybridized carbons (Fsp3) is 0.433. The summed E-state index contributed by atoms with van der Waals surface area (Å²) in [4.78, 5) is 36.9. The Kier molecular flexibility index (Phi) is 7.58. The highest BCUT2D eigenvalue weighted by molar-refractivity contribution is 5.83. The molecule has 1 saturated heterocycles. The molecule has 5 heterocycles. The van der Waals surface area contributed by atoms with Gasteiger partial charge in [0, 0.05) is 63.0 Å². The van der Waals surface area contributed by atoms with Gasteiger partial charge in [-0.05, 0) is 51.6 Å². The minimum Gasteiger partial charge on any atom is -0.337 e. The molecule has 0 spiro atoms. The first-order chi connectivity index (χ1) is 20.2. The summed E-state index contributed by atoms with van der Waals surface area (Å²) in [5, 5.41) is 3.07. The van der Waals surface area contributed by atoms with Crippen LogP contribution in [-0.2, 0) is 17.8 Å². The molecule has 1 aromatic carbocycles. The Balaban J connectivity index is 1.18. The van der Waals surface area contributed by atoms with E-state index in [1.165, 1.54) is 6.07 Å². The predicted octanol–water partition coefficient (Wildman–Crippen LogP) is 3.93. The van der Waals surface area contributed by atoms with Crippen molar-refractivity contribution in [1.29, 1.82) is 0 Å². The second-order valence-electron chi connectivity index (χ2n) is 11.4. The molecule has 6 rings (SSSR count). The van der Waals surface area contributed by atoms with Gasteiger partial charge in [0.2, 0.25) is 11.9 Å². The van der Waals surface area contributed by atoms with E-state index in [0.29, 0.717) is 48.8 Å². The molecular weight excluding hydrogens is 540 g/mol. The Morgan fingerprint density at radius 2 is 1.81 bits per heavy atom. The van der Waals surface area contributed by atoms with Gasteiger partial charge in [0.15, 0.2) is 11.6 Å². The number of pyridine rings is 1. The molecule has 0 saturated carbocycles. The van der Waals surface area contributed by atoms with Crippen LogP contribution >= 0.6 is 0 Å². The molecule has 42 heavy (non-hydrogen) atoms. The van der Waals surface area contributed by atoms with Crippen molar-refractivity contribution in [1.82, 2.24) is 39.2 Å². The van der Waals surface area contributed by atoms with E-state index < -0.39 is 11.6 Å². The minimum atomic E-state index is -0.661. The van der Waals surface area contributed by atoms with Crippen LogP contribution in [0.3, 0.4) is 0 Å². The average Bonchev–Trinajstić information content (AvgIpc) is 3.31. The Morgan fingerprint density at radius 1 is 1.02 bits per heavy atom. The van der Waals surface area contributed by atoms with Gasteiger partial charge in [0.1, 0.15) is 22.9 Å². The van der Waals surface area contributed by atoms with Gasteiger partial charge in [-0.1, -0.05) is 6.07 Å². The molecule has 2 aliphatic rings. The maximum absolute atomic E-state index is 15.0. The molecule has 2 aliphatic heterocycles. The maximum Gasteiger partial charge on any atom is 0.237 e. The number of piperazine rings is 1. The lowest BCUT2D eigenvalue weighted by atomic mass is 10.1. The molecule has 4 aromatic rings. The lowest BCUT2D eigenvalue weighted by Crippen LogP contribution is -2.49. The summed E-state index contributed by atoms with van der Waals surface area (Å²) >= 11 is 0. The summed E-state index contributed by atoms with van der Waals surface area (Å²) in [7, 11) is 2.10. The van der Waals surface area contributed by atoms with E-state index in [-0.39, 0.29) is 29.1 Å². The molecule has 0 radical (unpaired) electrons. The summed E-state index contributed by atoms with van der Waals surface area (Å²) in [5.74, 6) is 0.283. The quantitative estimate of drug-likeness (QED) is 0.370. The van der Waals surface area contributed by atoms with Crippen molar-refractivity contribution in [2.75, 3.05) is 51.6 Å². The lowest BCUT2D eigenvalue weighted by Gasteiger charge is -2.34. The van der Waals surface area contributed by atoms with Crippen molar-refractivity contribution in [3.05, 3.63) is 59.2 Å². The summed E-state index contributed by atoms with van der Waals surface area (Å²) < 4.78 is 31.9. The fourth-order valence-electron chi connectivity index (χ4n) is 5.80. The number of nitrogens with one attached hydrogen (secondary N) is 1. The van der Waals surface area contributed by atoms with Gasteiger partial charge >= 0.3 is 0 Å². The number of aryl methyl sites for hydroxylation is 1. The average molecular weight is 576 g/mol. The number of hydrogen-bond donors (Lipinski definition) is 1. The Hall–Kier alpha value is -4.03. The number of aromatic nitrogens is 5. The number of nitrogens with zero attached hydrogens (tertiary/aromatic N) is 8. The first kappa shape index (κ1) is 28.1. The number of hydrogen-bond acceptors (Lipinski definition) is 8. The van der Waals surface area contributed by atoms with Crippen LogP contribution in [0.1, 0.15) is 37.0 Å². The van der Waals surface area contributed by atoms with Crippen LogP contribution in [0.4, 0.5) is 20.5 Å². The number of halogens is 2. The van der Waals surface area contributed by atoms with E-state index in [0.717, 1.165) is 43.6 Å². The molecule has 1 fully saturated rings. The van der Waals surface area contributed by atoms with Gasteiger partial charge in [-0.2, -0.15) is 0 Å². The molecule has 0 unspecified atom stereocenters. The zero-order valence-electron chi connectivity index (χ0n) is 24.4. The van der Waals surface area contributed by atoms with Crippen LogP contribution < -0.4 is 5.32 Å². The van der Waals surface area contributed by atoms with E-state index in [2.05, 4.69) is 37.1 Å². The zero-order chi connectivity index (χ0) is 29.5. The van der Waals surface area contributed by atoms with Crippen LogP contribution in [-0.4, -0.2) is 91.4 Å². The second-order valence-corrected chi connectivity index (χ2v) is 11.4. The van der Waals surface area contributed by atoms with Gasteiger partial charge in [-0.3, -0.25) is 9.69 Å². The van der Waals surface area contributed by atoms with Crippen LogP contribution in [0.5, 0.6) is 0 Å². The number of anilines is 2. The van der Waals surface area contributed by atoms with Gasteiger partial charge in [-0.25, -0.2) is 28.7 Å². The number of carbonyl (C=O) groups excluding carboxylic acids is 1. The van der Waals surface area contributed by atoms with Crippen molar-refractivity contribution < 1.29 is 13.6 Å². The highest BCUT2D eigenvalue weighted by Gasteiger charge is 2.25.